The summed E-state index contributed by atoms with van der Waals surface area (Å²) in [7, 11) is 1.49. The van der Waals surface area contributed by atoms with Crippen molar-refractivity contribution in [1.29, 1.82) is 0 Å². The number of halogens is 4. The third-order valence-corrected chi connectivity index (χ3v) is 5.81. The van der Waals surface area contributed by atoms with Gasteiger partial charge in [-0.25, -0.2) is 9.18 Å². The standard InChI is InChI=1S/C24H18F4N4O4/c1-29-22(33)17-10-13(6-7-30-17)35-12-3-5-18-14(9-12)19-20(21(19)36-18)32-23(34)31-11-2-4-16(25)15(8-11)24(26,27)28/h2-10,19-21H,1H3,(H,29,33)(H2,31,32,34)/t19-,20-,21-/m0/s1. The summed E-state index contributed by atoms with van der Waals surface area (Å²) in [5.41, 5.74) is -0.674. The van der Waals surface area contributed by atoms with E-state index >= 15 is 0 Å². The summed E-state index contributed by atoms with van der Waals surface area (Å²) >= 11 is 0. The van der Waals surface area contributed by atoms with Crippen molar-refractivity contribution in [2.75, 3.05) is 12.4 Å². The van der Waals surface area contributed by atoms with Crippen LogP contribution in [0.25, 0.3) is 0 Å². The molecule has 1 saturated carbocycles. The van der Waals surface area contributed by atoms with Crippen LogP contribution >= 0.6 is 0 Å². The largest absolute Gasteiger partial charge is 0.487 e. The number of carbonyl (C=O) groups is 2. The normalized spacial score (nSPS) is 19.4. The van der Waals surface area contributed by atoms with Crippen LogP contribution in [0.3, 0.4) is 0 Å². The Balaban J connectivity index is 1.24. The average molecular weight is 502 g/mol. The number of anilines is 1. The number of carbonyl (C=O) groups excluding carboxylic acids is 2. The molecule has 0 saturated heterocycles. The molecule has 0 spiro atoms. The van der Waals surface area contributed by atoms with Crippen LogP contribution in [0, 0.1) is 5.82 Å². The molecule has 0 radical (unpaired) electrons. The monoisotopic (exact) mass is 502 g/mol. The first-order chi connectivity index (χ1) is 17.1. The molecule has 186 valence electrons. The third kappa shape index (κ3) is 4.49. The Morgan fingerprint density at radius 2 is 1.83 bits per heavy atom. The van der Waals surface area contributed by atoms with Gasteiger partial charge in [-0.1, -0.05) is 0 Å². The molecule has 3 atom stereocenters. The van der Waals surface area contributed by atoms with Gasteiger partial charge in [0.1, 0.15) is 34.9 Å². The van der Waals surface area contributed by atoms with Crippen molar-refractivity contribution in [2.24, 2.45) is 0 Å². The first kappa shape index (κ1) is 23.4. The van der Waals surface area contributed by atoms with Crippen LogP contribution < -0.4 is 25.4 Å². The lowest BCUT2D eigenvalue weighted by atomic mass is 10.1. The number of nitrogens with zero attached hydrogens (tertiary/aromatic N) is 1. The molecule has 0 bridgehead atoms. The van der Waals surface area contributed by atoms with E-state index in [-0.39, 0.29) is 29.3 Å². The van der Waals surface area contributed by atoms with E-state index in [1.54, 1.807) is 24.3 Å². The lowest BCUT2D eigenvalue weighted by molar-refractivity contribution is -0.139. The summed E-state index contributed by atoms with van der Waals surface area (Å²) in [6, 6.07) is 9.36. The predicted octanol–water partition coefficient (Wildman–Crippen LogP) is 4.44. The van der Waals surface area contributed by atoms with Crippen molar-refractivity contribution >= 4 is 17.6 Å². The number of hydrogen-bond donors (Lipinski definition) is 3. The highest BCUT2D eigenvalue weighted by Crippen LogP contribution is 2.54. The maximum Gasteiger partial charge on any atom is 0.419 e. The van der Waals surface area contributed by atoms with Gasteiger partial charge < -0.3 is 25.4 Å². The SMILES string of the molecule is CNC(=O)c1cc(Oc2ccc3c(c2)[C@H]2[C@H](NC(=O)Nc4ccc(F)c(C(F)(F)F)c4)[C@H]2O3)ccn1. The van der Waals surface area contributed by atoms with Crippen LogP contribution in [0.2, 0.25) is 0 Å². The van der Waals surface area contributed by atoms with Crippen molar-refractivity contribution in [3.05, 3.63) is 77.4 Å². The fourth-order valence-electron chi connectivity index (χ4n) is 4.08. The van der Waals surface area contributed by atoms with E-state index in [9.17, 15) is 27.2 Å². The summed E-state index contributed by atoms with van der Waals surface area (Å²) in [5, 5.41) is 7.45. The highest BCUT2D eigenvalue weighted by Gasteiger charge is 2.59. The molecule has 1 aliphatic carbocycles. The summed E-state index contributed by atoms with van der Waals surface area (Å²) in [5.74, 6) is -0.442. The van der Waals surface area contributed by atoms with Gasteiger partial charge in [-0.05, 0) is 42.5 Å². The lowest BCUT2D eigenvalue weighted by Crippen LogP contribution is -2.34. The van der Waals surface area contributed by atoms with Crippen molar-refractivity contribution in [3.8, 4) is 17.2 Å². The zero-order chi connectivity index (χ0) is 25.6. The molecule has 1 aliphatic heterocycles. The number of nitrogens with one attached hydrogen (secondary N) is 3. The number of aromatic nitrogens is 1. The number of pyridine rings is 1. The molecule has 12 heteroatoms. The van der Waals surface area contributed by atoms with Crippen LogP contribution in [0.5, 0.6) is 17.2 Å². The second-order valence-electron chi connectivity index (χ2n) is 8.18. The van der Waals surface area contributed by atoms with Gasteiger partial charge in [-0.15, -0.1) is 0 Å². The van der Waals surface area contributed by atoms with Crippen LogP contribution in [0.1, 0.15) is 27.5 Å². The number of ether oxygens (including phenoxy) is 2. The van der Waals surface area contributed by atoms with Gasteiger partial charge in [0.2, 0.25) is 0 Å². The topological polar surface area (TPSA) is 102 Å². The first-order valence-corrected chi connectivity index (χ1v) is 10.7. The maximum atomic E-state index is 13.5. The Morgan fingerprint density at radius 3 is 2.58 bits per heavy atom. The molecular formula is C24H18F4N4O4. The number of benzene rings is 2. The zero-order valence-electron chi connectivity index (χ0n) is 18.5. The minimum absolute atomic E-state index is 0.174. The molecule has 8 nitrogen and oxygen atoms in total. The van der Waals surface area contributed by atoms with E-state index < -0.39 is 29.6 Å². The van der Waals surface area contributed by atoms with E-state index in [2.05, 4.69) is 20.9 Å². The second kappa shape index (κ2) is 8.70. The van der Waals surface area contributed by atoms with Gasteiger partial charge in [-0.2, -0.15) is 13.2 Å². The molecule has 3 N–H and O–H groups in total. The van der Waals surface area contributed by atoms with Crippen LogP contribution in [-0.2, 0) is 6.18 Å². The summed E-state index contributed by atoms with van der Waals surface area (Å²) in [4.78, 5) is 28.1. The van der Waals surface area contributed by atoms with E-state index in [0.717, 1.165) is 11.6 Å². The van der Waals surface area contributed by atoms with Crippen LogP contribution in [0.15, 0.2) is 54.7 Å². The fourth-order valence-corrected chi connectivity index (χ4v) is 4.08. The van der Waals surface area contributed by atoms with Gasteiger partial charge >= 0.3 is 12.2 Å². The minimum Gasteiger partial charge on any atom is -0.487 e. The van der Waals surface area contributed by atoms with Gasteiger partial charge in [0, 0.05) is 30.6 Å². The molecular weight excluding hydrogens is 484 g/mol. The highest BCUT2D eigenvalue weighted by atomic mass is 19.4. The smallest absolute Gasteiger partial charge is 0.419 e. The molecule has 2 aliphatic rings. The Labute approximate surface area is 201 Å². The van der Waals surface area contributed by atoms with Crippen molar-refractivity contribution in [1.82, 2.24) is 15.6 Å². The van der Waals surface area contributed by atoms with E-state index in [0.29, 0.717) is 29.4 Å². The molecule has 36 heavy (non-hydrogen) atoms. The van der Waals surface area contributed by atoms with Gasteiger partial charge in [-0.3, -0.25) is 9.78 Å². The molecule has 5 rings (SSSR count). The first-order valence-electron chi connectivity index (χ1n) is 10.7. The average Bonchev–Trinajstić information content (AvgIpc) is 3.35. The Hall–Kier alpha value is -4.35. The number of hydrogen-bond acceptors (Lipinski definition) is 5. The Morgan fingerprint density at radius 1 is 1.06 bits per heavy atom. The molecule has 3 amide bonds. The quantitative estimate of drug-likeness (QED) is 0.448. The van der Waals surface area contributed by atoms with Crippen molar-refractivity contribution in [2.45, 2.75) is 24.2 Å². The van der Waals surface area contributed by atoms with Crippen LogP contribution in [-0.4, -0.2) is 36.1 Å². The predicted molar refractivity (Wildman–Crippen MR) is 119 cm³/mol. The molecule has 2 aromatic carbocycles. The van der Waals surface area contributed by atoms with Gasteiger partial charge in [0.15, 0.2) is 0 Å². The highest BCUT2D eigenvalue weighted by molar-refractivity contribution is 5.92. The van der Waals surface area contributed by atoms with Gasteiger partial charge in [0.05, 0.1) is 17.5 Å². The summed E-state index contributed by atoms with van der Waals surface area (Å²) in [6.45, 7) is 0. The Bertz CT molecular complexity index is 1360. The van der Waals surface area contributed by atoms with Crippen molar-refractivity contribution < 1.29 is 36.6 Å². The summed E-state index contributed by atoms with van der Waals surface area (Å²) < 4.78 is 63.9. The number of urea groups is 1. The molecule has 1 fully saturated rings. The summed E-state index contributed by atoms with van der Waals surface area (Å²) in [6.07, 6.45) is -3.77. The molecule has 3 aromatic rings. The number of fused-ring (bicyclic) bond motifs is 3. The maximum absolute atomic E-state index is 13.5. The van der Waals surface area contributed by atoms with Gasteiger partial charge in [0.25, 0.3) is 5.91 Å². The number of amides is 3. The minimum atomic E-state index is -4.89. The fraction of sp³-hybridized carbons (Fsp3) is 0.208. The van der Waals surface area contributed by atoms with Crippen molar-refractivity contribution in [3.63, 3.8) is 0 Å². The number of rotatable bonds is 5. The number of alkyl halides is 3. The third-order valence-electron chi connectivity index (χ3n) is 5.81. The second-order valence-corrected chi connectivity index (χ2v) is 8.18. The van der Waals surface area contributed by atoms with E-state index in [1.165, 1.54) is 19.3 Å². The molecule has 2 heterocycles. The zero-order valence-corrected chi connectivity index (χ0v) is 18.5. The van der Waals surface area contributed by atoms with E-state index in [4.69, 9.17) is 9.47 Å². The van der Waals surface area contributed by atoms with Crippen LogP contribution in [0.4, 0.5) is 28.0 Å². The van der Waals surface area contributed by atoms with E-state index in [1.807, 2.05) is 0 Å². The molecule has 0 unspecified atom stereocenters. The molecule has 1 aromatic heterocycles. The Kier molecular flexibility index (Phi) is 5.65. The lowest BCUT2D eigenvalue weighted by Gasteiger charge is -2.14.